The fraction of sp³-hybridized carbons (Fsp3) is 0. The summed E-state index contributed by atoms with van der Waals surface area (Å²) in [6.45, 7) is 0. The molecule has 0 spiro atoms. The third-order valence-corrected chi connectivity index (χ3v) is 8.03. The maximum absolute atomic E-state index is 5.21. The van der Waals surface area contributed by atoms with Gasteiger partial charge in [-0.2, -0.15) is 0 Å². The van der Waals surface area contributed by atoms with Crippen molar-refractivity contribution >= 4 is 21.8 Å². The van der Waals surface area contributed by atoms with Gasteiger partial charge >= 0.3 is 0 Å². The van der Waals surface area contributed by atoms with Gasteiger partial charge in [0, 0.05) is 38.7 Å². The molecule has 6 aromatic carbocycles. The number of para-hydroxylation sites is 2. The molecular weight excluding hydrogens is 522 g/mol. The van der Waals surface area contributed by atoms with Crippen LogP contribution in [0.1, 0.15) is 0 Å². The summed E-state index contributed by atoms with van der Waals surface area (Å²) in [5, 5.41) is 2.51. The fourth-order valence-electron chi connectivity index (χ4n) is 6.04. The summed E-state index contributed by atoms with van der Waals surface area (Å²) < 4.78 is 2.35. The molecule has 0 atom stereocenters. The molecule has 0 N–H and O–H groups in total. The van der Waals surface area contributed by atoms with Crippen molar-refractivity contribution in [2.45, 2.75) is 0 Å². The molecule has 2 aromatic heterocycles. The lowest BCUT2D eigenvalue weighted by atomic mass is 9.94. The molecule has 43 heavy (non-hydrogen) atoms. The number of aromatic nitrogens is 3. The second-order valence-electron chi connectivity index (χ2n) is 10.6. The standard InChI is InChI=1S/C40H27N3/c1-4-14-29(15-5-1)38-37(39(30-16-6-2-7-17-30)42-40(41-38)31-18-8-3-9-19-31)28-24-26-32(27-25-28)43-35-22-12-10-20-33(35)34-21-11-13-23-36(34)43/h1-27H. The lowest BCUT2D eigenvalue weighted by Gasteiger charge is -2.17. The van der Waals surface area contributed by atoms with Crippen LogP contribution in [0.4, 0.5) is 0 Å². The van der Waals surface area contributed by atoms with Crippen LogP contribution in [0, 0.1) is 0 Å². The molecular formula is C40H27N3. The summed E-state index contributed by atoms with van der Waals surface area (Å²) in [5.41, 5.74) is 10.5. The van der Waals surface area contributed by atoms with E-state index in [9.17, 15) is 0 Å². The van der Waals surface area contributed by atoms with Crippen LogP contribution in [-0.2, 0) is 0 Å². The molecule has 8 rings (SSSR count). The molecule has 0 radical (unpaired) electrons. The summed E-state index contributed by atoms with van der Waals surface area (Å²) in [6.07, 6.45) is 0. The van der Waals surface area contributed by atoms with Gasteiger partial charge in [0.2, 0.25) is 0 Å². The highest BCUT2D eigenvalue weighted by Crippen LogP contribution is 2.40. The predicted octanol–water partition coefficient (Wildman–Crippen LogP) is 10.2. The van der Waals surface area contributed by atoms with Crippen molar-refractivity contribution in [3.63, 3.8) is 0 Å². The molecule has 202 valence electrons. The Labute approximate surface area is 250 Å². The Morgan fingerprint density at radius 1 is 0.349 bits per heavy atom. The predicted molar refractivity (Wildman–Crippen MR) is 178 cm³/mol. The quantitative estimate of drug-likeness (QED) is 0.214. The Morgan fingerprint density at radius 3 is 1.26 bits per heavy atom. The Morgan fingerprint density at radius 2 is 0.767 bits per heavy atom. The first kappa shape index (κ1) is 25.0. The number of nitrogens with zero attached hydrogens (tertiary/aromatic N) is 3. The van der Waals surface area contributed by atoms with Gasteiger partial charge in [0.15, 0.2) is 5.82 Å². The van der Waals surface area contributed by atoms with Crippen molar-refractivity contribution in [3.8, 4) is 50.7 Å². The molecule has 8 aromatic rings. The van der Waals surface area contributed by atoms with Crippen LogP contribution in [0.25, 0.3) is 72.5 Å². The number of hydrogen-bond acceptors (Lipinski definition) is 2. The first-order chi connectivity index (χ1) is 21.3. The number of fused-ring (bicyclic) bond motifs is 3. The van der Waals surface area contributed by atoms with Crippen molar-refractivity contribution < 1.29 is 0 Å². The van der Waals surface area contributed by atoms with Crippen molar-refractivity contribution in [2.24, 2.45) is 0 Å². The summed E-state index contributed by atoms with van der Waals surface area (Å²) in [5.74, 6) is 0.712. The van der Waals surface area contributed by atoms with Crippen LogP contribution in [0.15, 0.2) is 164 Å². The number of hydrogen-bond donors (Lipinski definition) is 0. The number of rotatable bonds is 5. The van der Waals surface area contributed by atoms with E-state index in [0.29, 0.717) is 5.82 Å². The Balaban J connectivity index is 1.37. The van der Waals surface area contributed by atoms with Crippen LogP contribution in [0.5, 0.6) is 0 Å². The minimum atomic E-state index is 0.712. The Hall–Kier alpha value is -5.80. The van der Waals surface area contributed by atoms with Gasteiger partial charge in [-0.3, -0.25) is 0 Å². The summed E-state index contributed by atoms with van der Waals surface area (Å²) in [4.78, 5) is 10.4. The average molecular weight is 550 g/mol. The molecule has 3 heteroatoms. The first-order valence-corrected chi connectivity index (χ1v) is 14.5. The summed E-state index contributed by atoms with van der Waals surface area (Å²) in [6, 6.07) is 57.1. The van der Waals surface area contributed by atoms with Crippen molar-refractivity contribution in [3.05, 3.63) is 164 Å². The van der Waals surface area contributed by atoms with Gasteiger partial charge in [0.05, 0.1) is 22.4 Å². The molecule has 0 fully saturated rings. The maximum Gasteiger partial charge on any atom is 0.160 e. The minimum absolute atomic E-state index is 0.712. The SMILES string of the molecule is c1ccc(-c2nc(-c3ccccc3)c(-c3ccc(-n4c5ccccc5c5ccccc54)cc3)c(-c3ccccc3)n2)cc1. The van der Waals surface area contributed by atoms with Gasteiger partial charge in [-0.1, -0.05) is 140 Å². The van der Waals surface area contributed by atoms with Gasteiger partial charge in [0.1, 0.15) is 0 Å². The highest BCUT2D eigenvalue weighted by molar-refractivity contribution is 6.09. The molecule has 0 unspecified atom stereocenters. The topological polar surface area (TPSA) is 30.7 Å². The lowest BCUT2D eigenvalue weighted by molar-refractivity contribution is 1.17. The van der Waals surface area contributed by atoms with E-state index in [4.69, 9.17) is 9.97 Å². The summed E-state index contributed by atoms with van der Waals surface area (Å²) in [7, 11) is 0. The Kier molecular flexibility index (Phi) is 6.12. The van der Waals surface area contributed by atoms with E-state index in [1.54, 1.807) is 0 Å². The smallest absolute Gasteiger partial charge is 0.160 e. The van der Waals surface area contributed by atoms with Crippen LogP contribution < -0.4 is 0 Å². The zero-order valence-corrected chi connectivity index (χ0v) is 23.4. The van der Waals surface area contributed by atoms with Crippen LogP contribution in [-0.4, -0.2) is 14.5 Å². The molecule has 0 aliphatic rings. The van der Waals surface area contributed by atoms with Crippen molar-refractivity contribution in [1.82, 2.24) is 14.5 Å². The van der Waals surface area contributed by atoms with Crippen LogP contribution >= 0.6 is 0 Å². The lowest BCUT2D eigenvalue weighted by Crippen LogP contribution is -2.01. The average Bonchev–Trinajstić information content (AvgIpc) is 3.43. The van der Waals surface area contributed by atoms with Crippen molar-refractivity contribution in [2.75, 3.05) is 0 Å². The van der Waals surface area contributed by atoms with E-state index in [1.165, 1.54) is 21.8 Å². The van der Waals surface area contributed by atoms with E-state index in [0.717, 1.165) is 44.9 Å². The highest BCUT2D eigenvalue weighted by atomic mass is 15.0. The largest absolute Gasteiger partial charge is 0.309 e. The second-order valence-corrected chi connectivity index (χ2v) is 10.6. The van der Waals surface area contributed by atoms with Gasteiger partial charge in [-0.05, 0) is 29.8 Å². The highest BCUT2D eigenvalue weighted by Gasteiger charge is 2.20. The van der Waals surface area contributed by atoms with E-state index in [2.05, 4.69) is 138 Å². The van der Waals surface area contributed by atoms with Gasteiger partial charge in [-0.15, -0.1) is 0 Å². The van der Waals surface area contributed by atoms with Gasteiger partial charge in [0.25, 0.3) is 0 Å². The monoisotopic (exact) mass is 549 g/mol. The van der Waals surface area contributed by atoms with E-state index in [1.807, 2.05) is 30.3 Å². The van der Waals surface area contributed by atoms with Crippen LogP contribution in [0.2, 0.25) is 0 Å². The fourth-order valence-corrected chi connectivity index (χ4v) is 6.04. The third-order valence-electron chi connectivity index (χ3n) is 8.03. The molecule has 0 bridgehead atoms. The van der Waals surface area contributed by atoms with Gasteiger partial charge in [-0.25, -0.2) is 9.97 Å². The molecule has 0 amide bonds. The second kappa shape index (κ2) is 10.6. The molecule has 2 heterocycles. The Bertz CT molecular complexity index is 2090. The molecule has 0 aliphatic carbocycles. The van der Waals surface area contributed by atoms with E-state index < -0.39 is 0 Å². The van der Waals surface area contributed by atoms with E-state index >= 15 is 0 Å². The zero-order valence-electron chi connectivity index (χ0n) is 23.4. The first-order valence-electron chi connectivity index (χ1n) is 14.5. The van der Waals surface area contributed by atoms with Crippen LogP contribution in [0.3, 0.4) is 0 Å². The summed E-state index contributed by atoms with van der Waals surface area (Å²) >= 11 is 0. The zero-order chi connectivity index (χ0) is 28.6. The molecule has 3 nitrogen and oxygen atoms in total. The maximum atomic E-state index is 5.21. The number of benzene rings is 6. The minimum Gasteiger partial charge on any atom is -0.309 e. The third kappa shape index (κ3) is 4.39. The molecule has 0 saturated heterocycles. The molecule has 0 aliphatic heterocycles. The normalized spacial score (nSPS) is 11.3. The van der Waals surface area contributed by atoms with Gasteiger partial charge < -0.3 is 4.57 Å². The van der Waals surface area contributed by atoms with E-state index in [-0.39, 0.29) is 0 Å². The van der Waals surface area contributed by atoms with Crippen molar-refractivity contribution in [1.29, 1.82) is 0 Å². The molecule has 0 saturated carbocycles.